The van der Waals surface area contributed by atoms with Crippen molar-refractivity contribution in [2.24, 2.45) is 0 Å². The Morgan fingerprint density at radius 3 is 2.57 bits per heavy atom. The third-order valence-corrected chi connectivity index (χ3v) is 2.88. The van der Waals surface area contributed by atoms with Crippen LogP contribution in [0.2, 0.25) is 10.0 Å². The number of fused-ring (bicyclic) bond motifs is 1. The summed E-state index contributed by atoms with van der Waals surface area (Å²) in [6.45, 7) is 1.75. The molecule has 3 nitrogen and oxygen atoms in total. The highest BCUT2D eigenvalue weighted by Crippen LogP contribution is 2.37. The number of carbonyl (C=O) groups excluding carboxylic acids is 2. The van der Waals surface area contributed by atoms with Crippen LogP contribution < -0.4 is 5.32 Å². The molecule has 72 valence electrons. The number of halogens is 2. The van der Waals surface area contributed by atoms with Crippen LogP contribution in [-0.2, 0) is 4.79 Å². The van der Waals surface area contributed by atoms with Crippen LogP contribution in [0, 0.1) is 6.92 Å². The molecule has 0 saturated carbocycles. The lowest BCUT2D eigenvalue weighted by Gasteiger charge is -2.05. The van der Waals surface area contributed by atoms with E-state index in [0.29, 0.717) is 5.69 Å². The average molecular weight is 230 g/mol. The first-order chi connectivity index (χ1) is 6.52. The van der Waals surface area contributed by atoms with Gasteiger partial charge in [-0.2, -0.15) is 0 Å². The van der Waals surface area contributed by atoms with E-state index in [1.807, 2.05) is 0 Å². The fourth-order valence-corrected chi connectivity index (χ4v) is 1.90. The molecule has 5 heteroatoms. The zero-order valence-electron chi connectivity index (χ0n) is 7.15. The van der Waals surface area contributed by atoms with Crippen molar-refractivity contribution in [2.75, 3.05) is 5.32 Å². The number of ketones is 1. The zero-order valence-corrected chi connectivity index (χ0v) is 8.66. The van der Waals surface area contributed by atoms with Gasteiger partial charge in [0.2, 0.25) is 0 Å². The second-order valence-corrected chi connectivity index (χ2v) is 3.81. The number of carbonyl (C=O) groups is 2. The summed E-state index contributed by atoms with van der Waals surface area (Å²) in [5.74, 6) is -1.29. The summed E-state index contributed by atoms with van der Waals surface area (Å²) in [6.07, 6.45) is 0. The fraction of sp³-hybridized carbons (Fsp3) is 0.111. The minimum Gasteiger partial charge on any atom is -0.318 e. The van der Waals surface area contributed by atoms with Gasteiger partial charge in [-0.15, -0.1) is 0 Å². The molecule has 0 fully saturated rings. The van der Waals surface area contributed by atoms with Gasteiger partial charge >= 0.3 is 0 Å². The van der Waals surface area contributed by atoms with Gasteiger partial charge in [0.25, 0.3) is 11.7 Å². The summed E-state index contributed by atoms with van der Waals surface area (Å²) in [4.78, 5) is 22.5. The lowest BCUT2D eigenvalue weighted by Crippen LogP contribution is -2.12. The summed E-state index contributed by atoms with van der Waals surface area (Å²) < 4.78 is 0. The van der Waals surface area contributed by atoms with E-state index in [1.54, 1.807) is 13.0 Å². The van der Waals surface area contributed by atoms with Crippen molar-refractivity contribution in [3.05, 3.63) is 27.2 Å². The van der Waals surface area contributed by atoms with E-state index < -0.39 is 11.7 Å². The minimum atomic E-state index is -0.660. The summed E-state index contributed by atoms with van der Waals surface area (Å²) in [7, 11) is 0. The van der Waals surface area contributed by atoms with E-state index in [0.717, 1.165) is 5.56 Å². The first-order valence-electron chi connectivity index (χ1n) is 3.86. The molecule has 1 amide bonds. The van der Waals surface area contributed by atoms with Gasteiger partial charge in [-0.25, -0.2) is 0 Å². The van der Waals surface area contributed by atoms with Crippen LogP contribution in [0.4, 0.5) is 5.69 Å². The van der Waals surface area contributed by atoms with Crippen LogP contribution in [0.5, 0.6) is 0 Å². The molecule has 1 aromatic rings. The summed E-state index contributed by atoms with van der Waals surface area (Å²) >= 11 is 11.6. The second-order valence-electron chi connectivity index (χ2n) is 3.02. The van der Waals surface area contributed by atoms with Gasteiger partial charge in [-0.1, -0.05) is 23.2 Å². The van der Waals surface area contributed by atoms with Gasteiger partial charge in [-0.3, -0.25) is 9.59 Å². The number of hydrogen-bond acceptors (Lipinski definition) is 2. The predicted molar refractivity (Wildman–Crippen MR) is 54.2 cm³/mol. The molecule has 14 heavy (non-hydrogen) atoms. The maximum Gasteiger partial charge on any atom is 0.296 e. The predicted octanol–water partition coefficient (Wildman–Crippen LogP) is 2.44. The minimum absolute atomic E-state index is 0.135. The van der Waals surface area contributed by atoms with Gasteiger partial charge in [-0.05, 0) is 18.6 Å². The molecule has 1 N–H and O–H groups in total. The van der Waals surface area contributed by atoms with Gasteiger partial charge < -0.3 is 5.32 Å². The van der Waals surface area contributed by atoms with E-state index in [1.165, 1.54) is 0 Å². The number of hydrogen-bond donors (Lipinski definition) is 1. The lowest BCUT2D eigenvalue weighted by atomic mass is 10.1. The van der Waals surface area contributed by atoms with Gasteiger partial charge in [0, 0.05) is 0 Å². The number of anilines is 1. The van der Waals surface area contributed by atoms with Crippen LogP contribution in [0.25, 0.3) is 0 Å². The summed E-state index contributed by atoms with van der Waals surface area (Å²) in [5, 5.41) is 2.87. The Morgan fingerprint density at radius 2 is 1.93 bits per heavy atom. The summed E-state index contributed by atoms with van der Waals surface area (Å²) in [5.41, 5.74) is 1.38. The first-order valence-corrected chi connectivity index (χ1v) is 4.62. The molecule has 0 aromatic heterocycles. The standard InChI is InChI=1S/C9H5Cl2NO2/c1-3-2-4(10)6(11)5-7(3)12-9(14)8(5)13/h2H,1H3,(H,12,13,14). The second kappa shape index (κ2) is 2.97. The van der Waals surface area contributed by atoms with Gasteiger partial charge in [0.05, 0.1) is 21.3 Å². The molecule has 0 saturated heterocycles. The van der Waals surface area contributed by atoms with E-state index in [2.05, 4.69) is 5.32 Å². The Labute approximate surface area is 90.0 Å². The van der Waals surface area contributed by atoms with Crippen molar-refractivity contribution >= 4 is 40.6 Å². The molecule has 0 aliphatic carbocycles. The third kappa shape index (κ3) is 1.13. The van der Waals surface area contributed by atoms with Crippen LogP contribution in [0.15, 0.2) is 6.07 Å². The van der Waals surface area contributed by atoms with Crippen LogP contribution in [0.1, 0.15) is 15.9 Å². The number of aryl methyl sites for hydroxylation is 1. The molecule has 2 rings (SSSR count). The topological polar surface area (TPSA) is 46.2 Å². The molecular formula is C9H5Cl2NO2. The van der Waals surface area contributed by atoms with Crippen LogP contribution >= 0.6 is 23.2 Å². The molecule has 0 unspecified atom stereocenters. The van der Waals surface area contributed by atoms with Crippen molar-refractivity contribution in [2.45, 2.75) is 6.92 Å². The van der Waals surface area contributed by atoms with Crippen LogP contribution in [0.3, 0.4) is 0 Å². The Kier molecular flexibility index (Phi) is 2.01. The Morgan fingerprint density at radius 1 is 1.29 bits per heavy atom. The highest BCUT2D eigenvalue weighted by Gasteiger charge is 2.32. The van der Waals surface area contributed by atoms with E-state index >= 15 is 0 Å². The van der Waals surface area contributed by atoms with Gasteiger partial charge in [0.15, 0.2) is 0 Å². The van der Waals surface area contributed by atoms with Gasteiger partial charge in [0.1, 0.15) is 0 Å². The number of amides is 1. The molecule has 0 atom stereocenters. The molecular weight excluding hydrogens is 225 g/mol. The molecule has 1 aliphatic heterocycles. The number of rotatable bonds is 0. The molecule has 0 spiro atoms. The van der Waals surface area contributed by atoms with Crippen molar-refractivity contribution in [3.63, 3.8) is 0 Å². The van der Waals surface area contributed by atoms with Crippen molar-refractivity contribution in [1.29, 1.82) is 0 Å². The molecule has 0 bridgehead atoms. The SMILES string of the molecule is Cc1cc(Cl)c(Cl)c2c1NC(=O)C2=O. The van der Waals surface area contributed by atoms with Crippen molar-refractivity contribution in [3.8, 4) is 0 Å². The molecule has 0 radical (unpaired) electrons. The highest BCUT2D eigenvalue weighted by atomic mass is 35.5. The maximum absolute atomic E-state index is 11.4. The van der Waals surface area contributed by atoms with E-state index in [4.69, 9.17) is 23.2 Å². The number of benzene rings is 1. The Balaban J connectivity index is 2.80. The van der Waals surface area contributed by atoms with E-state index in [9.17, 15) is 9.59 Å². The number of nitrogens with one attached hydrogen (secondary N) is 1. The molecule has 1 heterocycles. The largest absolute Gasteiger partial charge is 0.318 e. The number of Topliss-reactive ketones (excluding diaryl/α,β-unsaturated/α-hetero) is 1. The quantitative estimate of drug-likeness (QED) is 0.695. The zero-order chi connectivity index (χ0) is 10.5. The Hall–Kier alpha value is -1.06. The molecule has 1 aliphatic rings. The Bertz CT molecular complexity index is 468. The normalized spacial score (nSPS) is 14.2. The average Bonchev–Trinajstić information content (AvgIpc) is 2.41. The van der Waals surface area contributed by atoms with E-state index in [-0.39, 0.29) is 15.6 Å². The summed E-state index contributed by atoms with van der Waals surface area (Å²) in [6, 6.07) is 1.61. The smallest absolute Gasteiger partial charge is 0.296 e. The maximum atomic E-state index is 11.4. The first kappa shape index (κ1) is 9.49. The van der Waals surface area contributed by atoms with Crippen molar-refractivity contribution < 1.29 is 9.59 Å². The molecule has 1 aromatic carbocycles. The highest BCUT2D eigenvalue weighted by molar-refractivity contribution is 6.56. The third-order valence-electron chi connectivity index (χ3n) is 2.09. The fourth-order valence-electron chi connectivity index (χ4n) is 1.41. The van der Waals surface area contributed by atoms with Crippen LogP contribution in [-0.4, -0.2) is 11.7 Å². The lowest BCUT2D eigenvalue weighted by molar-refractivity contribution is -0.112. The van der Waals surface area contributed by atoms with Crippen molar-refractivity contribution in [1.82, 2.24) is 0 Å². The monoisotopic (exact) mass is 229 g/mol.